The van der Waals surface area contributed by atoms with Crippen LogP contribution in [0.2, 0.25) is 0 Å². The van der Waals surface area contributed by atoms with Gasteiger partial charge in [-0.15, -0.1) is 0 Å². The molecular formula is C25H23N3O2. The summed E-state index contributed by atoms with van der Waals surface area (Å²) in [6, 6.07) is 22.0. The standard InChI is InChI=1S/C25H23N3O2/c29-11-5-4-6-18-9-10-23(24(30)12-18)21-13-20(19-7-2-1-3-8-19)14-22(15-21)25-27-16-26-17-28-25/h1-3,7-10,12-17,29-30H,4-6,11H2. The summed E-state index contributed by atoms with van der Waals surface area (Å²) >= 11 is 0. The third-order valence-corrected chi connectivity index (χ3v) is 5.04. The van der Waals surface area contributed by atoms with E-state index >= 15 is 0 Å². The Kier molecular flexibility index (Phi) is 6.11. The van der Waals surface area contributed by atoms with Crippen LogP contribution in [0.25, 0.3) is 33.6 Å². The number of nitrogens with zero attached hydrogens (tertiary/aromatic N) is 3. The number of hydrogen-bond acceptors (Lipinski definition) is 5. The normalized spacial score (nSPS) is 10.8. The fraction of sp³-hybridized carbons (Fsp3) is 0.160. The molecule has 4 rings (SSSR count). The lowest BCUT2D eigenvalue weighted by atomic mass is 9.94. The molecule has 0 saturated heterocycles. The van der Waals surface area contributed by atoms with Crippen LogP contribution in [0.1, 0.15) is 18.4 Å². The summed E-state index contributed by atoms with van der Waals surface area (Å²) < 4.78 is 0. The first-order valence-electron chi connectivity index (χ1n) is 10.0. The highest BCUT2D eigenvalue weighted by Crippen LogP contribution is 2.36. The Labute approximate surface area is 175 Å². The van der Waals surface area contributed by atoms with E-state index in [1.807, 2.05) is 42.5 Å². The lowest BCUT2D eigenvalue weighted by Crippen LogP contribution is -1.92. The second kappa shape index (κ2) is 9.29. The van der Waals surface area contributed by atoms with Crippen LogP contribution in [-0.2, 0) is 6.42 Å². The molecule has 0 spiro atoms. The quantitative estimate of drug-likeness (QED) is 0.434. The molecule has 0 fully saturated rings. The number of benzene rings is 3. The Balaban J connectivity index is 1.77. The third-order valence-electron chi connectivity index (χ3n) is 5.04. The van der Waals surface area contributed by atoms with Crippen molar-refractivity contribution in [2.45, 2.75) is 19.3 Å². The summed E-state index contributed by atoms with van der Waals surface area (Å²) in [7, 11) is 0. The van der Waals surface area contributed by atoms with Gasteiger partial charge in [0.25, 0.3) is 0 Å². The largest absolute Gasteiger partial charge is 0.507 e. The number of rotatable bonds is 7. The van der Waals surface area contributed by atoms with Gasteiger partial charge in [-0.3, -0.25) is 0 Å². The topological polar surface area (TPSA) is 79.1 Å². The molecule has 1 heterocycles. The minimum atomic E-state index is 0.191. The lowest BCUT2D eigenvalue weighted by molar-refractivity contribution is 0.284. The SMILES string of the molecule is OCCCCc1ccc(-c2cc(-c3ccccc3)cc(-c3ncncn3)c2)c(O)c1. The summed E-state index contributed by atoms with van der Waals surface area (Å²) in [4.78, 5) is 12.5. The van der Waals surface area contributed by atoms with E-state index in [9.17, 15) is 5.11 Å². The molecule has 0 radical (unpaired) electrons. The highest BCUT2D eigenvalue weighted by molar-refractivity contribution is 5.81. The van der Waals surface area contributed by atoms with E-state index in [0.717, 1.165) is 52.6 Å². The van der Waals surface area contributed by atoms with Crippen molar-refractivity contribution >= 4 is 0 Å². The molecule has 30 heavy (non-hydrogen) atoms. The van der Waals surface area contributed by atoms with Crippen molar-refractivity contribution in [1.82, 2.24) is 15.0 Å². The van der Waals surface area contributed by atoms with Crippen molar-refractivity contribution < 1.29 is 10.2 Å². The average Bonchev–Trinajstić information content (AvgIpc) is 2.80. The molecule has 0 amide bonds. The molecule has 0 atom stereocenters. The van der Waals surface area contributed by atoms with Gasteiger partial charge in [0.05, 0.1) is 0 Å². The van der Waals surface area contributed by atoms with E-state index < -0.39 is 0 Å². The van der Waals surface area contributed by atoms with Gasteiger partial charge in [-0.1, -0.05) is 42.5 Å². The van der Waals surface area contributed by atoms with Gasteiger partial charge < -0.3 is 10.2 Å². The van der Waals surface area contributed by atoms with Crippen molar-refractivity contribution in [2.75, 3.05) is 6.61 Å². The second-order valence-electron chi connectivity index (χ2n) is 7.16. The maximum atomic E-state index is 10.7. The molecule has 0 unspecified atom stereocenters. The number of aryl methyl sites for hydroxylation is 1. The zero-order valence-corrected chi connectivity index (χ0v) is 16.6. The molecule has 2 N–H and O–H groups in total. The Bertz CT molecular complexity index is 1060. The maximum Gasteiger partial charge on any atom is 0.162 e. The van der Waals surface area contributed by atoms with E-state index in [1.54, 1.807) is 0 Å². The lowest BCUT2D eigenvalue weighted by Gasteiger charge is -2.12. The van der Waals surface area contributed by atoms with Gasteiger partial charge in [-0.2, -0.15) is 0 Å². The van der Waals surface area contributed by atoms with Crippen LogP contribution < -0.4 is 0 Å². The number of unbranched alkanes of at least 4 members (excludes halogenated alkanes) is 1. The molecule has 0 aliphatic rings. The van der Waals surface area contributed by atoms with Crippen molar-refractivity contribution in [3.05, 3.63) is 84.9 Å². The summed E-state index contributed by atoms with van der Waals surface area (Å²) in [6.07, 6.45) is 5.44. The van der Waals surface area contributed by atoms with Gasteiger partial charge in [-0.25, -0.2) is 15.0 Å². The molecule has 3 aromatic carbocycles. The second-order valence-corrected chi connectivity index (χ2v) is 7.16. The summed E-state index contributed by atoms with van der Waals surface area (Å²) in [6.45, 7) is 0.191. The molecule has 0 bridgehead atoms. The minimum Gasteiger partial charge on any atom is -0.507 e. The van der Waals surface area contributed by atoms with E-state index in [2.05, 4.69) is 39.2 Å². The van der Waals surface area contributed by atoms with Gasteiger partial charge in [-0.05, 0) is 65.8 Å². The zero-order chi connectivity index (χ0) is 20.8. The van der Waals surface area contributed by atoms with E-state index in [-0.39, 0.29) is 12.4 Å². The van der Waals surface area contributed by atoms with Crippen molar-refractivity contribution in [2.24, 2.45) is 0 Å². The van der Waals surface area contributed by atoms with Crippen molar-refractivity contribution in [3.63, 3.8) is 0 Å². The van der Waals surface area contributed by atoms with Crippen LogP contribution in [0.4, 0.5) is 0 Å². The number of aliphatic hydroxyl groups is 1. The predicted molar refractivity (Wildman–Crippen MR) is 118 cm³/mol. The van der Waals surface area contributed by atoms with Gasteiger partial charge in [0.1, 0.15) is 18.4 Å². The van der Waals surface area contributed by atoms with Gasteiger partial charge >= 0.3 is 0 Å². The summed E-state index contributed by atoms with van der Waals surface area (Å²) in [5.74, 6) is 0.826. The first-order valence-corrected chi connectivity index (χ1v) is 10.0. The first kappa shape index (κ1) is 19.7. The third kappa shape index (κ3) is 4.53. The van der Waals surface area contributed by atoms with Crippen LogP contribution in [0.5, 0.6) is 5.75 Å². The van der Waals surface area contributed by atoms with E-state index in [0.29, 0.717) is 5.82 Å². The van der Waals surface area contributed by atoms with Crippen LogP contribution in [-0.4, -0.2) is 31.8 Å². The fourth-order valence-electron chi connectivity index (χ4n) is 3.52. The summed E-state index contributed by atoms with van der Waals surface area (Å²) in [5.41, 5.74) is 5.67. The number of aromatic nitrogens is 3. The number of hydrogen-bond donors (Lipinski definition) is 2. The van der Waals surface area contributed by atoms with E-state index in [1.165, 1.54) is 12.7 Å². The monoisotopic (exact) mass is 397 g/mol. The Morgan fingerprint density at radius 3 is 2.17 bits per heavy atom. The van der Waals surface area contributed by atoms with Crippen LogP contribution in [0.15, 0.2) is 79.4 Å². The molecule has 0 aliphatic carbocycles. The van der Waals surface area contributed by atoms with Gasteiger partial charge in [0.15, 0.2) is 5.82 Å². The molecule has 5 heteroatoms. The zero-order valence-electron chi connectivity index (χ0n) is 16.6. The number of phenolic OH excluding ortho intramolecular Hbond substituents is 1. The number of phenols is 1. The molecule has 0 saturated carbocycles. The molecule has 1 aromatic heterocycles. The molecule has 4 aromatic rings. The Morgan fingerprint density at radius 2 is 1.43 bits per heavy atom. The average molecular weight is 397 g/mol. The first-order chi connectivity index (χ1) is 14.7. The molecule has 5 nitrogen and oxygen atoms in total. The van der Waals surface area contributed by atoms with Crippen molar-refractivity contribution in [1.29, 1.82) is 0 Å². The predicted octanol–water partition coefficient (Wildman–Crippen LogP) is 4.89. The van der Waals surface area contributed by atoms with Crippen LogP contribution >= 0.6 is 0 Å². The highest BCUT2D eigenvalue weighted by atomic mass is 16.3. The fourth-order valence-corrected chi connectivity index (χ4v) is 3.52. The molecule has 0 aliphatic heterocycles. The van der Waals surface area contributed by atoms with Crippen LogP contribution in [0.3, 0.4) is 0 Å². The van der Waals surface area contributed by atoms with Gasteiger partial charge in [0.2, 0.25) is 0 Å². The maximum absolute atomic E-state index is 10.7. The molecular weight excluding hydrogens is 374 g/mol. The summed E-state index contributed by atoms with van der Waals surface area (Å²) in [5, 5.41) is 19.7. The minimum absolute atomic E-state index is 0.191. The smallest absolute Gasteiger partial charge is 0.162 e. The van der Waals surface area contributed by atoms with E-state index in [4.69, 9.17) is 5.11 Å². The Hall–Kier alpha value is -3.57. The number of aliphatic hydroxyl groups excluding tert-OH is 1. The highest BCUT2D eigenvalue weighted by Gasteiger charge is 2.12. The number of aromatic hydroxyl groups is 1. The van der Waals surface area contributed by atoms with Crippen LogP contribution in [0, 0.1) is 0 Å². The molecule has 150 valence electrons. The van der Waals surface area contributed by atoms with Gasteiger partial charge in [0, 0.05) is 17.7 Å². The van der Waals surface area contributed by atoms with Crippen molar-refractivity contribution in [3.8, 4) is 39.4 Å². The Morgan fingerprint density at radius 1 is 0.700 bits per heavy atom.